The molecule has 1 aromatic carbocycles. The fourth-order valence-corrected chi connectivity index (χ4v) is 5.91. The van der Waals surface area contributed by atoms with E-state index in [1.807, 2.05) is 11.8 Å². The SMILES string of the molecule is CCCCSCCN1CCC(CC[C@@H](F)c2c(Cl)cnc3ccc(OC)cc23)C(C(=O)O)C1. The van der Waals surface area contributed by atoms with Gasteiger partial charge in [0.05, 0.1) is 23.6 Å². The van der Waals surface area contributed by atoms with E-state index < -0.39 is 18.1 Å². The van der Waals surface area contributed by atoms with Gasteiger partial charge in [0.1, 0.15) is 11.9 Å². The van der Waals surface area contributed by atoms with E-state index in [9.17, 15) is 9.90 Å². The van der Waals surface area contributed by atoms with Gasteiger partial charge in [-0.25, -0.2) is 4.39 Å². The molecule has 2 aromatic rings. The fourth-order valence-electron chi connectivity index (χ4n) is 4.56. The number of carbonyl (C=O) groups is 1. The monoisotopic (exact) mass is 496 g/mol. The van der Waals surface area contributed by atoms with Crippen LogP contribution >= 0.6 is 23.4 Å². The van der Waals surface area contributed by atoms with Crippen molar-refractivity contribution < 1.29 is 19.0 Å². The zero-order valence-corrected chi connectivity index (χ0v) is 21.0. The smallest absolute Gasteiger partial charge is 0.308 e. The van der Waals surface area contributed by atoms with Crippen molar-refractivity contribution in [3.05, 3.63) is 35.0 Å². The van der Waals surface area contributed by atoms with Crippen LogP contribution in [0.2, 0.25) is 5.02 Å². The number of aromatic nitrogens is 1. The molecule has 2 unspecified atom stereocenters. The predicted molar refractivity (Wildman–Crippen MR) is 134 cm³/mol. The Morgan fingerprint density at radius 2 is 2.24 bits per heavy atom. The normalized spacial score (nSPS) is 20.1. The first kappa shape index (κ1) is 26.0. The number of carboxylic acid groups (broad SMARTS) is 1. The van der Waals surface area contributed by atoms with E-state index in [1.165, 1.54) is 19.0 Å². The van der Waals surface area contributed by atoms with Crippen LogP contribution in [0, 0.1) is 11.8 Å². The van der Waals surface area contributed by atoms with Gasteiger partial charge in [0, 0.05) is 36.0 Å². The molecule has 1 aliphatic heterocycles. The number of hydrogen-bond donors (Lipinski definition) is 1. The van der Waals surface area contributed by atoms with Crippen LogP contribution in [0.5, 0.6) is 5.75 Å². The van der Waals surface area contributed by atoms with E-state index in [2.05, 4.69) is 16.8 Å². The van der Waals surface area contributed by atoms with Crippen LogP contribution in [-0.2, 0) is 4.79 Å². The molecule has 5 nitrogen and oxygen atoms in total. The summed E-state index contributed by atoms with van der Waals surface area (Å²) in [7, 11) is 1.56. The number of unbranched alkanes of at least 4 members (excludes halogenated alkanes) is 1. The average Bonchev–Trinajstić information content (AvgIpc) is 2.82. The van der Waals surface area contributed by atoms with Gasteiger partial charge in [-0.2, -0.15) is 11.8 Å². The van der Waals surface area contributed by atoms with Crippen molar-refractivity contribution in [2.24, 2.45) is 11.8 Å². The number of piperidine rings is 1. The highest BCUT2D eigenvalue weighted by Gasteiger charge is 2.34. The molecule has 0 aliphatic carbocycles. The molecule has 0 bridgehead atoms. The van der Waals surface area contributed by atoms with Crippen LogP contribution < -0.4 is 4.74 Å². The Morgan fingerprint density at radius 3 is 2.97 bits per heavy atom. The van der Waals surface area contributed by atoms with Crippen LogP contribution in [-0.4, -0.2) is 59.2 Å². The average molecular weight is 497 g/mol. The van der Waals surface area contributed by atoms with Gasteiger partial charge in [-0.3, -0.25) is 9.78 Å². The zero-order chi connectivity index (χ0) is 23.8. The Bertz CT molecular complexity index is 932. The number of carboxylic acids is 1. The van der Waals surface area contributed by atoms with Crippen LogP contribution in [0.15, 0.2) is 24.4 Å². The molecule has 33 heavy (non-hydrogen) atoms. The topological polar surface area (TPSA) is 62.7 Å². The van der Waals surface area contributed by atoms with Crippen molar-refractivity contribution >= 4 is 40.2 Å². The Morgan fingerprint density at radius 1 is 1.42 bits per heavy atom. The minimum atomic E-state index is -1.29. The lowest BCUT2D eigenvalue weighted by molar-refractivity contribution is -0.146. The number of aliphatic carboxylic acids is 1. The number of ether oxygens (including phenoxy) is 1. The second-order valence-electron chi connectivity index (χ2n) is 8.71. The maximum atomic E-state index is 15.5. The summed E-state index contributed by atoms with van der Waals surface area (Å²) in [5.41, 5.74) is 1.07. The summed E-state index contributed by atoms with van der Waals surface area (Å²) >= 11 is 8.28. The molecule has 0 spiro atoms. The number of pyridine rings is 1. The van der Waals surface area contributed by atoms with Crippen LogP contribution in [0.3, 0.4) is 0 Å². The van der Waals surface area contributed by atoms with Crippen LogP contribution in [0.25, 0.3) is 10.9 Å². The number of benzene rings is 1. The predicted octanol–water partition coefficient (Wildman–Crippen LogP) is 6.24. The summed E-state index contributed by atoms with van der Waals surface area (Å²) in [5, 5.41) is 10.7. The molecule has 8 heteroatoms. The summed E-state index contributed by atoms with van der Waals surface area (Å²) in [5.74, 6) is 1.52. The van der Waals surface area contributed by atoms with Gasteiger partial charge in [-0.1, -0.05) is 24.9 Å². The molecule has 1 N–H and O–H groups in total. The van der Waals surface area contributed by atoms with E-state index in [4.69, 9.17) is 16.3 Å². The van der Waals surface area contributed by atoms with Gasteiger partial charge >= 0.3 is 5.97 Å². The van der Waals surface area contributed by atoms with Gasteiger partial charge in [-0.05, 0) is 62.1 Å². The number of methoxy groups -OCH3 is 1. The van der Waals surface area contributed by atoms with Crippen molar-refractivity contribution in [2.45, 2.75) is 45.2 Å². The first-order chi connectivity index (χ1) is 15.9. The van der Waals surface area contributed by atoms with E-state index >= 15 is 4.39 Å². The Kier molecular flexibility index (Phi) is 10.1. The first-order valence-corrected chi connectivity index (χ1v) is 13.3. The molecule has 1 aromatic heterocycles. The second kappa shape index (κ2) is 12.8. The van der Waals surface area contributed by atoms with Crippen molar-refractivity contribution in [1.29, 1.82) is 0 Å². The number of halogens is 2. The van der Waals surface area contributed by atoms with E-state index in [-0.39, 0.29) is 17.4 Å². The molecule has 0 amide bonds. The molecule has 1 aliphatic rings. The molecule has 182 valence electrons. The second-order valence-corrected chi connectivity index (χ2v) is 10.3. The zero-order valence-electron chi connectivity index (χ0n) is 19.4. The summed E-state index contributed by atoms with van der Waals surface area (Å²) in [6.07, 6.45) is 4.13. The van der Waals surface area contributed by atoms with Gasteiger partial charge in [0.25, 0.3) is 0 Å². The lowest BCUT2D eigenvalue weighted by Crippen LogP contribution is -2.44. The summed E-state index contributed by atoms with van der Waals surface area (Å²) in [6, 6.07) is 5.33. The van der Waals surface area contributed by atoms with Crippen molar-refractivity contribution in [1.82, 2.24) is 9.88 Å². The number of nitrogens with zero attached hydrogens (tertiary/aromatic N) is 2. The molecule has 1 fully saturated rings. The van der Waals surface area contributed by atoms with E-state index in [0.717, 1.165) is 31.0 Å². The van der Waals surface area contributed by atoms with Gasteiger partial charge < -0.3 is 14.7 Å². The van der Waals surface area contributed by atoms with E-state index in [0.29, 0.717) is 35.2 Å². The van der Waals surface area contributed by atoms with E-state index in [1.54, 1.807) is 25.3 Å². The number of likely N-dealkylation sites (tertiary alicyclic amines) is 1. The molecular weight excluding hydrogens is 463 g/mol. The van der Waals surface area contributed by atoms with Crippen LogP contribution in [0.4, 0.5) is 4.39 Å². The molecule has 3 atom stereocenters. The Balaban J connectivity index is 1.62. The highest BCUT2D eigenvalue weighted by atomic mass is 35.5. The first-order valence-electron chi connectivity index (χ1n) is 11.7. The van der Waals surface area contributed by atoms with Crippen molar-refractivity contribution in [2.75, 3.05) is 38.2 Å². The lowest BCUT2D eigenvalue weighted by Gasteiger charge is -2.36. The standard InChI is InChI=1S/C25H34ClFN2O3S/c1-3-4-12-33-13-11-29-10-9-17(20(16-29)25(30)31)5-7-22(27)24-19-14-18(32-2)6-8-23(19)28-15-21(24)26/h6,8,14-15,17,20,22H,3-5,7,9-13,16H2,1-2H3,(H,30,31)/t17?,20?,22-/m1/s1. The third-order valence-corrected chi connectivity index (χ3v) is 7.87. The number of fused-ring (bicyclic) bond motifs is 1. The number of alkyl halides is 1. The maximum Gasteiger partial charge on any atom is 0.308 e. The van der Waals surface area contributed by atoms with Gasteiger partial charge in [-0.15, -0.1) is 0 Å². The number of hydrogen-bond acceptors (Lipinski definition) is 5. The van der Waals surface area contributed by atoms with Crippen molar-refractivity contribution in [3.63, 3.8) is 0 Å². The highest BCUT2D eigenvalue weighted by molar-refractivity contribution is 7.99. The summed E-state index contributed by atoms with van der Waals surface area (Å²) in [4.78, 5) is 18.5. The Hall–Kier alpha value is -1.57. The number of rotatable bonds is 12. The molecule has 1 saturated heterocycles. The largest absolute Gasteiger partial charge is 0.497 e. The molecule has 3 rings (SSSR count). The highest BCUT2D eigenvalue weighted by Crippen LogP contribution is 2.38. The molecule has 0 radical (unpaired) electrons. The third-order valence-electron chi connectivity index (χ3n) is 6.52. The van der Waals surface area contributed by atoms with Crippen LogP contribution in [0.1, 0.15) is 50.8 Å². The minimum absolute atomic E-state index is 0.0360. The number of thioether (sulfide) groups is 1. The fraction of sp³-hybridized carbons (Fsp3) is 0.600. The third kappa shape index (κ3) is 6.96. The summed E-state index contributed by atoms with van der Waals surface area (Å²) in [6.45, 7) is 4.51. The van der Waals surface area contributed by atoms with Crippen molar-refractivity contribution in [3.8, 4) is 5.75 Å². The molecule has 0 saturated carbocycles. The quantitative estimate of drug-likeness (QED) is 0.351. The molecule has 2 heterocycles. The Labute approximate surface area is 205 Å². The van der Waals surface area contributed by atoms with Gasteiger partial charge in [0.2, 0.25) is 0 Å². The molecular formula is C25H34ClFN2O3S. The maximum absolute atomic E-state index is 15.5. The summed E-state index contributed by atoms with van der Waals surface area (Å²) < 4.78 is 20.8. The lowest BCUT2D eigenvalue weighted by atomic mass is 9.81. The minimum Gasteiger partial charge on any atom is -0.497 e. The van der Waals surface area contributed by atoms with Gasteiger partial charge in [0.15, 0.2) is 0 Å².